The maximum Gasteiger partial charge on any atom is 0.327 e. The topological polar surface area (TPSA) is 105 Å². The predicted molar refractivity (Wildman–Crippen MR) is 96.8 cm³/mol. The molecule has 0 saturated carbocycles. The van der Waals surface area contributed by atoms with Gasteiger partial charge in [0.15, 0.2) is 5.54 Å². The van der Waals surface area contributed by atoms with E-state index < -0.39 is 41.2 Å². The fourth-order valence-electron chi connectivity index (χ4n) is 3.94. The van der Waals surface area contributed by atoms with Gasteiger partial charge in [-0.3, -0.25) is 25.0 Å². The van der Waals surface area contributed by atoms with Crippen LogP contribution in [0, 0.1) is 11.8 Å². The number of amides is 2. The maximum atomic E-state index is 12.4. The van der Waals surface area contributed by atoms with Crippen molar-refractivity contribution >= 4 is 29.1 Å². The molecule has 8 heteroatoms. The number of rotatable bonds is 6. The Labute approximate surface area is 159 Å². The van der Waals surface area contributed by atoms with Gasteiger partial charge < -0.3 is 9.84 Å². The highest BCUT2D eigenvalue weighted by molar-refractivity contribution is 7.10. The summed E-state index contributed by atoms with van der Waals surface area (Å²) >= 11 is 1.42. The summed E-state index contributed by atoms with van der Waals surface area (Å²) < 4.78 is 5.69. The van der Waals surface area contributed by atoms with Gasteiger partial charge in [0.1, 0.15) is 0 Å². The van der Waals surface area contributed by atoms with Crippen LogP contribution in [0.1, 0.15) is 16.5 Å². The molecular weight excluding hydrogens is 368 g/mol. The molecule has 2 aliphatic heterocycles. The highest BCUT2D eigenvalue weighted by Crippen LogP contribution is 2.47. The quantitative estimate of drug-likeness (QED) is 0.647. The molecule has 1 aromatic carbocycles. The molecule has 140 valence electrons. The van der Waals surface area contributed by atoms with Gasteiger partial charge in [-0.1, -0.05) is 36.4 Å². The second kappa shape index (κ2) is 6.88. The Morgan fingerprint density at radius 3 is 2.59 bits per heavy atom. The van der Waals surface area contributed by atoms with Crippen LogP contribution in [-0.2, 0) is 25.7 Å². The van der Waals surface area contributed by atoms with Gasteiger partial charge >= 0.3 is 5.97 Å². The number of aliphatic carboxylic acids is 1. The van der Waals surface area contributed by atoms with Crippen molar-refractivity contribution in [3.63, 3.8) is 0 Å². The van der Waals surface area contributed by atoms with E-state index in [0.717, 1.165) is 10.4 Å². The Kier molecular flexibility index (Phi) is 4.55. The molecule has 4 unspecified atom stereocenters. The third-order valence-corrected chi connectivity index (χ3v) is 6.12. The van der Waals surface area contributed by atoms with Crippen molar-refractivity contribution in [2.45, 2.75) is 18.2 Å². The maximum absolute atomic E-state index is 12.4. The molecule has 2 fully saturated rings. The molecule has 0 radical (unpaired) electrons. The first-order chi connectivity index (χ1) is 13.0. The lowest BCUT2D eigenvalue weighted by Crippen LogP contribution is -2.58. The number of imide groups is 1. The monoisotopic (exact) mass is 386 g/mol. The van der Waals surface area contributed by atoms with Gasteiger partial charge in [-0.15, -0.1) is 11.3 Å². The molecule has 4 rings (SSSR count). The molecule has 0 bridgehead atoms. The Hall–Kier alpha value is -2.55. The van der Waals surface area contributed by atoms with Crippen molar-refractivity contribution < 1.29 is 24.2 Å². The van der Waals surface area contributed by atoms with E-state index in [-0.39, 0.29) is 13.2 Å². The van der Waals surface area contributed by atoms with E-state index in [2.05, 4.69) is 10.6 Å². The van der Waals surface area contributed by atoms with Gasteiger partial charge in [-0.2, -0.15) is 0 Å². The second-order valence-electron chi connectivity index (χ2n) is 6.75. The molecule has 2 aromatic rings. The minimum Gasteiger partial charge on any atom is -0.480 e. The Morgan fingerprint density at radius 2 is 1.93 bits per heavy atom. The van der Waals surface area contributed by atoms with Crippen LogP contribution in [0.5, 0.6) is 0 Å². The van der Waals surface area contributed by atoms with Crippen LogP contribution in [0.4, 0.5) is 0 Å². The lowest BCUT2D eigenvalue weighted by atomic mass is 9.80. The highest BCUT2D eigenvalue weighted by atomic mass is 32.1. The van der Waals surface area contributed by atoms with Crippen LogP contribution in [0.25, 0.3) is 0 Å². The zero-order valence-electron chi connectivity index (χ0n) is 14.3. The van der Waals surface area contributed by atoms with Crippen LogP contribution in [0.2, 0.25) is 0 Å². The number of thiophene rings is 1. The van der Waals surface area contributed by atoms with Crippen molar-refractivity contribution in [1.29, 1.82) is 0 Å². The molecule has 1 aromatic heterocycles. The normalized spacial score (nSPS) is 29.6. The molecule has 27 heavy (non-hydrogen) atoms. The number of hydrogen-bond acceptors (Lipinski definition) is 6. The number of carbonyl (C=O) groups is 3. The third-order valence-electron chi connectivity index (χ3n) is 5.17. The van der Waals surface area contributed by atoms with E-state index in [1.54, 1.807) is 0 Å². The van der Waals surface area contributed by atoms with Gasteiger partial charge in [0, 0.05) is 4.88 Å². The Morgan fingerprint density at radius 1 is 1.15 bits per heavy atom. The van der Waals surface area contributed by atoms with Gasteiger partial charge in [-0.05, 0) is 17.0 Å². The first-order valence-corrected chi connectivity index (χ1v) is 9.42. The largest absolute Gasteiger partial charge is 0.480 e. The Balaban J connectivity index is 1.63. The SMILES string of the molecule is O=C1NC(=O)C2C1C(c1cccs1)NC2(COCc1ccccc1)C(=O)O. The number of carboxylic acid groups (broad SMARTS) is 1. The lowest BCUT2D eigenvalue weighted by molar-refractivity contribution is -0.152. The van der Waals surface area contributed by atoms with E-state index in [9.17, 15) is 19.5 Å². The van der Waals surface area contributed by atoms with Gasteiger partial charge in [0.25, 0.3) is 0 Å². The van der Waals surface area contributed by atoms with Gasteiger partial charge in [0.2, 0.25) is 11.8 Å². The fourth-order valence-corrected chi connectivity index (χ4v) is 4.76. The number of nitrogens with one attached hydrogen (secondary N) is 2. The number of carbonyl (C=O) groups excluding carboxylic acids is 2. The molecule has 2 aliphatic rings. The van der Waals surface area contributed by atoms with Crippen LogP contribution in [-0.4, -0.2) is 35.0 Å². The minimum absolute atomic E-state index is 0.216. The van der Waals surface area contributed by atoms with E-state index in [0.29, 0.717) is 0 Å². The lowest BCUT2D eigenvalue weighted by Gasteiger charge is -2.29. The standard InChI is InChI=1S/C19H18N2O5S/c22-16-13-14(17(23)20-16)19(18(24)25,21-15(13)12-7-4-8-27-12)10-26-9-11-5-2-1-3-6-11/h1-8,13-15,21H,9-10H2,(H,24,25)(H,20,22,23). The zero-order chi connectivity index (χ0) is 19.0. The molecule has 7 nitrogen and oxygen atoms in total. The summed E-state index contributed by atoms with van der Waals surface area (Å²) in [5, 5.41) is 17.2. The predicted octanol–water partition coefficient (Wildman–Crippen LogP) is 1.32. The minimum atomic E-state index is -1.66. The van der Waals surface area contributed by atoms with E-state index in [1.165, 1.54) is 11.3 Å². The molecule has 4 atom stereocenters. The highest BCUT2D eigenvalue weighted by Gasteiger charge is 2.66. The van der Waals surface area contributed by atoms with Crippen LogP contribution in [0.3, 0.4) is 0 Å². The fraction of sp³-hybridized carbons (Fsp3) is 0.316. The van der Waals surface area contributed by atoms with Crippen molar-refractivity contribution in [2.24, 2.45) is 11.8 Å². The average Bonchev–Trinajstić information content (AvgIpc) is 3.34. The van der Waals surface area contributed by atoms with Crippen molar-refractivity contribution in [3.05, 3.63) is 58.3 Å². The molecule has 2 saturated heterocycles. The molecular formula is C19H18N2O5S. The van der Waals surface area contributed by atoms with E-state index in [1.807, 2.05) is 47.8 Å². The molecule has 2 amide bonds. The van der Waals surface area contributed by atoms with Gasteiger partial charge in [0.05, 0.1) is 31.1 Å². The van der Waals surface area contributed by atoms with Crippen LogP contribution in [0.15, 0.2) is 47.8 Å². The summed E-state index contributed by atoms with van der Waals surface area (Å²) in [6, 6.07) is 12.5. The number of fused-ring (bicyclic) bond motifs is 1. The number of carboxylic acids is 1. The van der Waals surface area contributed by atoms with Crippen molar-refractivity contribution in [1.82, 2.24) is 10.6 Å². The summed E-state index contributed by atoms with van der Waals surface area (Å²) in [5.41, 5.74) is -0.765. The van der Waals surface area contributed by atoms with E-state index >= 15 is 0 Å². The summed E-state index contributed by atoms with van der Waals surface area (Å²) in [6.07, 6.45) is 0. The van der Waals surface area contributed by atoms with Gasteiger partial charge in [-0.25, -0.2) is 0 Å². The van der Waals surface area contributed by atoms with E-state index in [4.69, 9.17) is 4.74 Å². The molecule has 3 N–H and O–H groups in total. The number of ether oxygens (including phenoxy) is 1. The summed E-state index contributed by atoms with van der Waals surface area (Å²) in [4.78, 5) is 37.9. The third kappa shape index (κ3) is 2.95. The second-order valence-corrected chi connectivity index (χ2v) is 7.73. The summed E-state index contributed by atoms with van der Waals surface area (Å²) in [6.45, 7) is -0.00482. The van der Waals surface area contributed by atoms with Crippen molar-refractivity contribution in [2.75, 3.05) is 6.61 Å². The Bertz CT molecular complexity index is 869. The summed E-state index contributed by atoms with van der Waals surface area (Å²) in [5.74, 6) is -4.00. The van der Waals surface area contributed by atoms with Crippen molar-refractivity contribution in [3.8, 4) is 0 Å². The van der Waals surface area contributed by atoms with Crippen LogP contribution < -0.4 is 10.6 Å². The summed E-state index contributed by atoms with van der Waals surface area (Å²) in [7, 11) is 0. The smallest absolute Gasteiger partial charge is 0.327 e. The van der Waals surface area contributed by atoms with Crippen LogP contribution >= 0.6 is 11.3 Å². The molecule has 3 heterocycles. The zero-order valence-corrected chi connectivity index (χ0v) is 15.1. The first-order valence-electron chi connectivity index (χ1n) is 8.54. The average molecular weight is 386 g/mol. The first kappa shape index (κ1) is 17.8. The number of benzene rings is 1. The molecule has 0 aliphatic carbocycles. The molecule has 0 spiro atoms. The number of hydrogen-bond donors (Lipinski definition) is 3.